The highest BCUT2D eigenvalue weighted by Gasteiger charge is 2.24. The molecule has 3 N–H and O–H groups in total. The van der Waals surface area contributed by atoms with E-state index in [2.05, 4.69) is 20.5 Å². The van der Waals surface area contributed by atoms with Crippen molar-refractivity contribution in [2.75, 3.05) is 44.7 Å². The van der Waals surface area contributed by atoms with Crippen LogP contribution in [0, 0.1) is 5.92 Å². The van der Waals surface area contributed by atoms with E-state index in [4.69, 9.17) is 4.74 Å². The molecule has 1 aliphatic heterocycles. The SMILES string of the molecule is CCNC(=NCC(=O)Nc1ccc(O)cc1)N1CCC(COCC)C1. The van der Waals surface area contributed by atoms with E-state index in [0.717, 1.165) is 45.2 Å². The molecule has 0 aliphatic carbocycles. The van der Waals surface area contributed by atoms with Crippen molar-refractivity contribution in [2.24, 2.45) is 10.9 Å². The van der Waals surface area contributed by atoms with Crippen LogP contribution in [-0.4, -0.2) is 61.3 Å². The topological polar surface area (TPSA) is 86.2 Å². The summed E-state index contributed by atoms with van der Waals surface area (Å²) in [5, 5.41) is 15.3. The molecule has 25 heavy (non-hydrogen) atoms. The van der Waals surface area contributed by atoms with Crippen molar-refractivity contribution >= 4 is 17.6 Å². The fourth-order valence-corrected chi connectivity index (χ4v) is 2.76. The standard InChI is InChI=1S/C18H28N4O3/c1-3-19-18(22-10-9-14(12-22)13-25-4-2)20-11-17(24)21-15-5-7-16(23)8-6-15/h5-8,14,23H,3-4,9-13H2,1-2H3,(H,19,20)(H,21,24). The lowest BCUT2D eigenvalue weighted by molar-refractivity contribution is -0.114. The van der Waals surface area contributed by atoms with Gasteiger partial charge >= 0.3 is 0 Å². The number of benzene rings is 1. The van der Waals surface area contributed by atoms with E-state index in [1.807, 2.05) is 13.8 Å². The Bertz CT molecular complexity index is 574. The number of carbonyl (C=O) groups excluding carboxylic acids is 1. The average Bonchev–Trinajstić information content (AvgIpc) is 3.07. The Labute approximate surface area is 149 Å². The summed E-state index contributed by atoms with van der Waals surface area (Å²) in [5.41, 5.74) is 0.640. The Morgan fingerprint density at radius 2 is 2.12 bits per heavy atom. The van der Waals surface area contributed by atoms with Gasteiger partial charge in [-0.05, 0) is 44.5 Å². The largest absolute Gasteiger partial charge is 0.508 e. The molecule has 1 aromatic rings. The third-order valence-electron chi connectivity index (χ3n) is 4.00. The summed E-state index contributed by atoms with van der Waals surface area (Å²) in [5.74, 6) is 1.25. The minimum atomic E-state index is -0.189. The van der Waals surface area contributed by atoms with Crippen LogP contribution in [0.1, 0.15) is 20.3 Å². The normalized spacial score (nSPS) is 17.6. The lowest BCUT2D eigenvalue weighted by Crippen LogP contribution is -2.40. The summed E-state index contributed by atoms with van der Waals surface area (Å²) in [6.45, 7) is 8.15. The molecule has 1 unspecified atom stereocenters. The summed E-state index contributed by atoms with van der Waals surface area (Å²) in [7, 11) is 0. The first-order valence-electron chi connectivity index (χ1n) is 8.82. The highest BCUT2D eigenvalue weighted by atomic mass is 16.5. The molecule has 0 radical (unpaired) electrons. The van der Waals surface area contributed by atoms with Crippen molar-refractivity contribution in [3.63, 3.8) is 0 Å². The summed E-state index contributed by atoms with van der Waals surface area (Å²) < 4.78 is 5.51. The number of hydrogen-bond donors (Lipinski definition) is 3. The van der Waals surface area contributed by atoms with Crippen molar-refractivity contribution in [3.05, 3.63) is 24.3 Å². The highest BCUT2D eigenvalue weighted by Crippen LogP contribution is 2.17. The zero-order chi connectivity index (χ0) is 18.1. The number of aliphatic imine (C=N–C) groups is 1. The lowest BCUT2D eigenvalue weighted by Gasteiger charge is -2.21. The molecule has 1 heterocycles. The van der Waals surface area contributed by atoms with Crippen molar-refractivity contribution < 1.29 is 14.6 Å². The summed E-state index contributed by atoms with van der Waals surface area (Å²) in [6.07, 6.45) is 1.07. The minimum Gasteiger partial charge on any atom is -0.508 e. The first-order chi connectivity index (χ1) is 12.1. The molecule has 0 saturated carbocycles. The minimum absolute atomic E-state index is 0.0514. The van der Waals surface area contributed by atoms with Crippen LogP contribution < -0.4 is 10.6 Å². The molecule has 0 aromatic heterocycles. The van der Waals surface area contributed by atoms with Gasteiger partial charge in [0.15, 0.2) is 5.96 Å². The van der Waals surface area contributed by atoms with Crippen LogP contribution in [0.15, 0.2) is 29.3 Å². The Morgan fingerprint density at radius 3 is 2.80 bits per heavy atom. The zero-order valence-electron chi connectivity index (χ0n) is 15.0. The lowest BCUT2D eigenvalue weighted by atomic mass is 10.1. The maximum absolute atomic E-state index is 12.1. The van der Waals surface area contributed by atoms with Gasteiger partial charge in [-0.15, -0.1) is 0 Å². The summed E-state index contributed by atoms with van der Waals surface area (Å²) >= 11 is 0. The molecule has 1 amide bonds. The van der Waals surface area contributed by atoms with E-state index in [1.165, 1.54) is 12.1 Å². The number of rotatable bonds is 7. The van der Waals surface area contributed by atoms with Gasteiger partial charge in [-0.3, -0.25) is 4.79 Å². The molecular formula is C18H28N4O3. The molecule has 7 heteroatoms. The van der Waals surface area contributed by atoms with E-state index in [9.17, 15) is 9.90 Å². The first kappa shape index (κ1) is 19.1. The Hall–Kier alpha value is -2.28. The fourth-order valence-electron chi connectivity index (χ4n) is 2.76. The molecular weight excluding hydrogens is 320 g/mol. The number of likely N-dealkylation sites (tertiary alicyclic amines) is 1. The molecule has 0 spiro atoms. The van der Waals surface area contributed by atoms with E-state index in [-0.39, 0.29) is 18.2 Å². The number of amides is 1. The van der Waals surface area contributed by atoms with Crippen LogP contribution in [0.5, 0.6) is 5.75 Å². The molecule has 7 nitrogen and oxygen atoms in total. The number of phenolic OH excluding ortho intramolecular Hbond substituents is 1. The van der Waals surface area contributed by atoms with E-state index >= 15 is 0 Å². The number of hydrogen-bond acceptors (Lipinski definition) is 4. The van der Waals surface area contributed by atoms with Gasteiger partial charge in [0.25, 0.3) is 0 Å². The summed E-state index contributed by atoms with van der Waals surface area (Å²) in [6, 6.07) is 6.37. The number of guanidine groups is 1. The van der Waals surface area contributed by atoms with Crippen LogP contribution in [0.2, 0.25) is 0 Å². The maximum Gasteiger partial charge on any atom is 0.246 e. The number of phenols is 1. The second-order valence-corrected chi connectivity index (χ2v) is 6.03. The van der Waals surface area contributed by atoms with Crippen molar-refractivity contribution in [1.29, 1.82) is 0 Å². The van der Waals surface area contributed by atoms with Gasteiger partial charge in [0.05, 0.1) is 6.61 Å². The van der Waals surface area contributed by atoms with Crippen molar-refractivity contribution in [2.45, 2.75) is 20.3 Å². The van der Waals surface area contributed by atoms with Crippen molar-refractivity contribution in [1.82, 2.24) is 10.2 Å². The van der Waals surface area contributed by atoms with Gasteiger partial charge in [0.2, 0.25) is 5.91 Å². The number of carbonyl (C=O) groups is 1. The quantitative estimate of drug-likeness (QED) is 0.396. The third-order valence-corrected chi connectivity index (χ3v) is 4.00. The molecule has 1 atom stereocenters. The molecule has 2 rings (SSSR count). The first-order valence-corrected chi connectivity index (χ1v) is 8.82. The molecule has 1 saturated heterocycles. The number of ether oxygens (including phenoxy) is 1. The van der Waals surface area contributed by atoms with E-state index in [1.54, 1.807) is 12.1 Å². The Balaban J connectivity index is 1.88. The molecule has 0 bridgehead atoms. The maximum atomic E-state index is 12.1. The van der Waals surface area contributed by atoms with Gasteiger partial charge in [-0.1, -0.05) is 0 Å². The van der Waals surface area contributed by atoms with Crippen LogP contribution in [0.3, 0.4) is 0 Å². The van der Waals surface area contributed by atoms with Crippen LogP contribution in [-0.2, 0) is 9.53 Å². The second kappa shape index (κ2) is 9.88. The Kier molecular flexibility index (Phi) is 7.53. The van der Waals surface area contributed by atoms with Crippen LogP contribution in [0.4, 0.5) is 5.69 Å². The van der Waals surface area contributed by atoms with E-state index < -0.39 is 0 Å². The van der Waals surface area contributed by atoms with Gasteiger partial charge in [0, 0.05) is 37.8 Å². The number of nitrogens with one attached hydrogen (secondary N) is 2. The van der Waals surface area contributed by atoms with Gasteiger partial charge in [0.1, 0.15) is 12.3 Å². The Morgan fingerprint density at radius 1 is 1.36 bits per heavy atom. The van der Waals surface area contributed by atoms with Gasteiger partial charge in [-0.2, -0.15) is 0 Å². The van der Waals surface area contributed by atoms with Crippen LogP contribution in [0.25, 0.3) is 0 Å². The predicted octanol–water partition coefficient (Wildman–Crippen LogP) is 1.65. The zero-order valence-corrected chi connectivity index (χ0v) is 15.0. The van der Waals surface area contributed by atoms with Gasteiger partial charge in [-0.25, -0.2) is 4.99 Å². The molecule has 1 aliphatic rings. The smallest absolute Gasteiger partial charge is 0.246 e. The number of anilines is 1. The monoisotopic (exact) mass is 348 g/mol. The molecule has 1 fully saturated rings. The molecule has 138 valence electrons. The summed E-state index contributed by atoms with van der Waals surface area (Å²) in [4.78, 5) is 18.7. The number of nitrogens with zero attached hydrogens (tertiary/aromatic N) is 2. The number of aromatic hydroxyl groups is 1. The predicted molar refractivity (Wildman–Crippen MR) is 98.9 cm³/mol. The van der Waals surface area contributed by atoms with E-state index in [0.29, 0.717) is 11.6 Å². The van der Waals surface area contributed by atoms with Gasteiger partial charge < -0.3 is 25.4 Å². The van der Waals surface area contributed by atoms with Crippen LogP contribution >= 0.6 is 0 Å². The highest BCUT2D eigenvalue weighted by molar-refractivity contribution is 5.94. The van der Waals surface area contributed by atoms with Crippen molar-refractivity contribution in [3.8, 4) is 5.75 Å². The average molecular weight is 348 g/mol. The fraction of sp³-hybridized carbons (Fsp3) is 0.556. The third kappa shape index (κ3) is 6.26. The molecule has 1 aromatic carbocycles. The second-order valence-electron chi connectivity index (χ2n) is 6.03.